The quantitative estimate of drug-likeness (QED) is 0.0863. The van der Waals surface area contributed by atoms with Crippen molar-refractivity contribution < 1.29 is 49.5 Å². The minimum atomic E-state index is -4.33. The first-order valence-corrected chi connectivity index (χ1v) is 13.4. The minimum Gasteiger partial charge on any atom is -0.394 e. The lowest BCUT2D eigenvalue weighted by Gasteiger charge is -2.49. The van der Waals surface area contributed by atoms with Crippen molar-refractivity contribution in [2.24, 2.45) is 0 Å². The Morgan fingerprint density at radius 2 is 0.864 bits per heavy atom. The van der Waals surface area contributed by atoms with Crippen LogP contribution in [0.2, 0.25) is 0 Å². The minimum absolute atomic E-state index is 0.369. The molecule has 4 atom stereocenters. The van der Waals surface area contributed by atoms with Gasteiger partial charge in [-0.25, -0.2) is 0 Å². The van der Waals surface area contributed by atoms with Gasteiger partial charge in [0.05, 0.1) is 6.61 Å². The van der Waals surface area contributed by atoms with E-state index in [9.17, 15) is 49.5 Å². The summed E-state index contributed by atoms with van der Waals surface area (Å²) >= 11 is 0. The van der Waals surface area contributed by atoms with E-state index in [2.05, 4.69) is 0 Å². The first-order valence-electron chi connectivity index (χ1n) is 13.4. The third-order valence-electron chi connectivity index (χ3n) is 7.41. The number of hydrogen-bond acceptors (Lipinski definition) is 10. The van der Waals surface area contributed by atoms with Gasteiger partial charge in [0.25, 0.3) is 0 Å². The van der Waals surface area contributed by atoms with Gasteiger partial charge in [-0.2, -0.15) is 0 Å². The van der Waals surface area contributed by atoms with Crippen LogP contribution < -0.4 is 0 Å². The third kappa shape index (κ3) is 5.11. The number of carbonyl (C=O) groups is 5. The molecule has 5 N–H and O–H groups in total. The molecule has 0 saturated carbocycles. The molecule has 0 amide bonds. The number of aliphatic hydroxyl groups excluding tert-OH is 2. The van der Waals surface area contributed by atoms with E-state index in [1.54, 1.807) is 0 Å². The van der Waals surface area contributed by atoms with Crippen LogP contribution in [0.25, 0.3) is 0 Å². The number of rotatable bonds is 13. The van der Waals surface area contributed by atoms with Crippen LogP contribution in [0.15, 0.2) is 121 Å². The van der Waals surface area contributed by atoms with Crippen LogP contribution in [0.3, 0.4) is 0 Å². The zero-order valence-electron chi connectivity index (χ0n) is 23.1. The number of Topliss-reactive ketones (excluding diaryl/α,β-unsaturated/α-hetero) is 5. The molecule has 0 spiro atoms. The van der Waals surface area contributed by atoms with E-state index in [-0.39, 0.29) is 5.56 Å². The van der Waals surface area contributed by atoms with Crippen LogP contribution >= 0.6 is 0 Å². The van der Waals surface area contributed by atoms with E-state index >= 15 is 0 Å². The number of benzene rings is 4. The molecule has 4 aromatic carbocycles. The van der Waals surface area contributed by atoms with Gasteiger partial charge in [0.1, 0.15) is 6.10 Å². The van der Waals surface area contributed by atoms with Gasteiger partial charge in [0.15, 0.2) is 5.60 Å². The maximum atomic E-state index is 14.4. The molecule has 44 heavy (non-hydrogen) atoms. The molecule has 0 saturated heterocycles. The van der Waals surface area contributed by atoms with Crippen molar-refractivity contribution in [1.82, 2.24) is 0 Å². The van der Waals surface area contributed by atoms with Gasteiger partial charge in [-0.15, -0.1) is 0 Å². The highest BCUT2D eigenvalue weighted by Crippen LogP contribution is 2.43. The van der Waals surface area contributed by atoms with E-state index < -0.39 is 75.1 Å². The molecule has 10 nitrogen and oxygen atoms in total. The SMILES string of the molecule is O=C(C(=O)[C@@](O)(C(=O)c1ccccc1)[C@](O)(C(=O)c1ccccc1)[C@@](O)(C(=O)c1ccccc1)[C@H](O)CO)c1ccccc1. The predicted molar refractivity (Wildman–Crippen MR) is 156 cm³/mol. The molecule has 224 valence electrons. The Morgan fingerprint density at radius 3 is 1.25 bits per heavy atom. The van der Waals surface area contributed by atoms with Crippen molar-refractivity contribution in [3.8, 4) is 0 Å². The summed E-state index contributed by atoms with van der Waals surface area (Å²) in [5.74, 6) is -8.83. The van der Waals surface area contributed by atoms with Crippen LogP contribution in [0, 0.1) is 0 Å². The zero-order valence-corrected chi connectivity index (χ0v) is 23.1. The van der Waals surface area contributed by atoms with Gasteiger partial charge in [0.2, 0.25) is 40.1 Å². The van der Waals surface area contributed by atoms with Crippen molar-refractivity contribution in [3.63, 3.8) is 0 Å². The second-order valence-corrected chi connectivity index (χ2v) is 10.00. The average Bonchev–Trinajstić information content (AvgIpc) is 3.09. The molecule has 0 aromatic heterocycles. The van der Waals surface area contributed by atoms with E-state index in [1.807, 2.05) is 0 Å². The Labute approximate surface area is 251 Å². The smallest absolute Gasteiger partial charge is 0.246 e. The summed E-state index contributed by atoms with van der Waals surface area (Å²) in [4.78, 5) is 70.4. The van der Waals surface area contributed by atoms with Crippen LogP contribution in [0.1, 0.15) is 41.4 Å². The van der Waals surface area contributed by atoms with Crippen molar-refractivity contribution in [2.45, 2.75) is 22.9 Å². The average molecular weight is 597 g/mol. The number of carbonyl (C=O) groups excluding carboxylic acids is 5. The lowest BCUT2D eigenvalue weighted by Crippen LogP contribution is -2.82. The molecule has 0 unspecified atom stereocenters. The van der Waals surface area contributed by atoms with E-state index in [0.29, 0.717) is 0 Å². The van der Waals surface area contributed by atoms with Crippen molar-refractivity contribution in [1.29, 1.82) is 0 Å². The van der Waals surface area contributed by atoms with Crippen LogP contribution in [0.4, 0.5) is 0 Å². The maximum absolute atomic E-state index is 14.4. The van der Waals surface area contributed by atoms with Gasteiger partial charge in [-0.3, -0.25) is 24.0 Å². The molecule has 0 heterocycles. The molecule has 4 aromatic rings. The molecule has 0 aliphatic carbocycles. The molecular weight excluding hydrogens is 568 g/mol. The largest absolute Gasteiger partial charge is 0.394 e. The molecule has 0 bridgehead atoms. The van der Waals surface area contributed by atoms with Crippen molar-refractivity contribution in [3.05, 3.63) is 144 Å². The summed E-state index contributed by atoms with van der Waals surface area (Å²) < 4.78 is 0. The first-order chi connectivity index (χ1) is 21.0. The fourth-order valence-electron chi connectivity index (χ4n) is 5.03. The monoisotopic (exact) mass is 596 g/mol. The summed E-state index contributed by atoms with van der Waals surface area (Å²) in [5.41, 5.74) is -14.4. The Morgan fingerprint density at radius 1 is 0.523 bits per heavy atom. The fraction of sp³-hybridized carbons (Fsp3) is 0.147. The normalized spacial score (nSPS) is 15.9. The molecular formula is C34H28O10. The second-order valence-electron chi connectivity index (χ2n) is 10.00. The molecule has 0 fully saturated rings. The summed E-state index contributed by atoms with van der Waals surface area (Å²) in [5, 5.41) is 58.2. The Hall–Kier alpha value is -4.97. The highest BCUT2D eigenvalue weighted by atomic mass is 16.4. The zero-order chi connectivity index (χ0) is 32.1. The molecule has 0 aliphatic rings. The standard InChI is InChI=1S/C34H28O10/c35-21-26(36)32(42,28(38)23-15-7-2-8-16-23)34(44,30(40)25-19-11-4-12-20-25)33(43,29(39)24-17-9-3-10-18-24)31(41)27(37)22-13-5-1-6-14-22/h1-20,26,35-36,42-44H,21H2/t26-,32+,33+,34+/m1/s1. The Kier molecular flexibility index (Phi) is 9.24. The van der Waals surface area contributed by atoms with Gasteiger partial charge >= 0.3 is 0 Å². The maximum Gasteiger partial charge on any atom is 0.246 e. The van der Waals surface area contributed by atoms with E-state index in [1.165, 1.54) is 72.8 Å². The Balaban J connectivity index is 2.15. The lowest BCUT2D eigenvalue weighted by atomic mass is 9.58. The summed E-state index contributed by atoms with van der Waals surface area (Å²) in [6.07, 6.45) is -2.79. The van der Waals surface area contributed by atoms with Gasteiger partial charge < -0.3 is 25.5 Å². The fourth-order valence-corrected chi connectivity index (χ4v) is 5.03. The van der Waals surface area contributed by atoms with Crippen LogP contribution in [-0.4, -0.2) is 84.0 Å². The van der Waals surface area contributed by atoms with Gasteiger partial charge in [0, 0.05) is 22.3 Å². The summed E-state index contributed by atoms with van der Waals surface area (Å²) in [7, 11) is 0. The second kappa shape index (κ2) is 12.7. The van der Waals surface area contributed by atoms with Crippen LogP contribution in [0.5, 0.6) is 0 Å². The summed E-state index contributed by atoms with van der Waals surface area (Å²) in [6, 6.07) is 25.5. The highest BCUT2D eigenvalue weighted by Gasteiger charge is 2.77. The van der Waals surface area contributed by atoms with E-state index in [4.69, 9.17) is 0 Å². The molecule has 10 heteroatoms. The number of hydrogen-bond donors (Lipinski definition) is 5. The van der Waals surface area contributed by atoms with Crippen LogP contribution in [-0.2, 0) is 4.79 Å². The number of ketones is 5. The Bertz CT molecular complexity index is 1670. The van der Waals surface area contributed by atoms with Gasteiger partial charge in [-0.1, -0.05) is 121 Å². The van der Waals surface area contributed by atoms with Crippen molar-refractivity contribution in [2.75, 3.05) is 6.61 Å². The predicted octanol–water partition coefficient (Wildman–Crippen LogP) is 1.63. The van der Waals surface area contributed by atoms with E-state index in [0.717, 1.165) is 48.5 Å². The summed E-state index contributed by atoms with van der Waals surface area (Å²) in [6.45, 7) is -1.50. The number of aliphatic hydroxyl groups is 5. The first kappa shape index (κ1) is 32.0. The third-order valence-corrected chi connectivity index (χ3v) is 7.41. The molecule has 0 aliphatic heterocycles. The van der Waals surface area contributed by atoms with Crippen molar-refractivity contribution >= 4 is 28.9 Å². The lowest BCUT2D eigenvalue weighted by molar-refractivity contribution is -0.212. The molecule has 0 radical (unpaired) electrons. The topological polar surface area (TPSA) is 186 Å². The molecule has 4 rings (SSSR count). The highest BCUT2D eigenvalue weighted by molar-refractivity contribution is 6.52. The van der Waals surface area contributed by atoms with Gasteiger partial charge in [-0.05, 0) is 0 Å².